The van der Waals surface area contributed by atoms with Crippen molar-refractivity contribution in [3.05, 3.63) is 0 Å². The van der Waals surface area contributed by atoms with Gasteiger partial charge in [0.1, 0.15) is 0 Å². The standard InChI is InChI=1S/Co.Mo.4S/q+2;;;;2*-1. The van der Waals surface area contributed by atoms with Gasteiger partial charge in [0.25, 0.3) is 0 Å². The molecule has 0 atom stereocenters. The van der Waals surface area contributed by atoms with Gasteiger partial charge in [-0.15, -0.1) is 0 Å². The molecular weight excluding hydrogens is 283 g/mol. The molecule has 0 saturated heterocycles. The van der Waals surface area contributed by atoms with Crippen LogP contribution >= 0.6 is 19.6 Å². The number of hydrogen-bond donors (Lipinski definition) is 0. The maximum atomic E-state index is 4.46. The van der Waals surface area contributed by atoms with E-state index < -0.39 is 9.86 Å². The summed E-state index contributed by atoms with van der Waals surface area (Å²) in [6, 6.07) is 0. The molecule has 6 heavy (non-hydrogen) atoms. The molecule has 0 amide bonds. The fourth-order valence-corrected chi connectivity index (χ4v) is 0. The van der Waals surface area contributed by atoms with Crippen molar-refractivity contribution < 1.29 is 26.6 Å². The van der Waals surface area contributed by atoms with Crippen molar-refractivity contribution in [2.75, 3.05) is 0 Å². The maximum absolute atomic E-state index is 4.46. The second-order valence-corrected chi connectivity index (χ2v) is 21.7. The third-order valence-electron chi connectivity index (χ3n) is 0. The van der Waals surface area contributed by atoms with Crippen molar-refractivity contribution in [3.63, 3.8) is 0 Å². The van der Waals surface area contributed by atoms with Gasteiger partial charge in [0.2, 0.25) is 0 Å². The van der Waals surface area contributed by atoms with Crippen molar-refractivity contribution in [3.8, 4) is 0 Å². The zero-order chi connectivity index (χ0) is 4.50. The van der Waals surface area contributed by atoms with Gasteiger partial charge in [-0.2, -0.15) is 0 Å². The summed E-state index contributed by atoms with van der Waals surface area (Å²) in [5, 5.41) is 0. The molecule has 39 valence electrons. The molecule has 0 aliphatic rings. The molecule has 0 spiro atoms. The average molecular weight is 283 g/mol. The topological polar surface area (TPSA) is 0 Å². The van der Waals surface area contributed by atoms with E-state index in [2.05, 4.69) is 40.3 Å². The predicted octanol–water partition coefficient (Wildman–Crippen LogP) is 1.29. The Hall–Kier alpha value is 2.33. The predicted molar refractivity (Wildman–Crippen MR) is 29.9 cm³/mol. The molecule has 0 unspecified atom stereocenters. The van der Waals surface area contributed by atoms with E-state index >= 15 is 0 Å². The molecule has 0 aliphatic heterocycles. The molecule has 0 aromatic carbocycles. The fraction of sp³-hybridized carbons (Fsp3) is 0. The third kappa shape index (κ3) is 33.1. The molecule has 0 heterocycles. The first-order chi connectivity index (χ1) is 2.00. The molecule has 0 bridgehead atoms. The Balaban J connectivity index is 0. The molecule has 0 aliphatic carbocycles. The van der Waals surface area contributed by atoms with E-state index in [1.807, 2.05) is 0 Å². The van der Waals surface area contributed by atoms with Crippen LogP contribution in [0.15, 0.2) is 0 Å². The molecule has 6 heteroatoms. The summed E-state index contributed by atoms with van der Waals surface area (Å²) >= 11 is 0. The van der Waals surface area contributed by atoms with Gasteiger partial charge in [0.15, 0.2) is 0 Å². The number of rotatable bonds is 0. The zero-order valence-corrected chi connectivity index (χ0v) is 8.69. The Morgan fingerprint density at radius 3 is 1.17 bits per heavy atom. The summed E-state index contributed by atoms with van der Waals surface area (Å²) in [7, 11) is 15.2. The Bertz CT molecular complexity index is 90.7. The summed E-state index contributed by atoms with van der Waals surface area (Å²) in [6.45, 7) is 0. The van der Waals surface area contributed by atoms with Gasteiger partial charge in [-0.1, -0.05) is 0 Å². The summed E-state index contributed by atoms with van der Waals surface area (Å²) in [4.78, 5) is 0. The monoisotopic (exact) mass is 285 g/mol. The van der Waals surface area contributed by atoms with Crippen molar-refractivity contribution in [1.29, 1.82) is 0 Å². The van der Waals surface area contributed by atoms with Crippen LogP contribution in [0, 0.1) is 0 Å². The van der Waals surface area contributed by atoms with Crippen LogP contribution in [0.4, 0.5) is 0 Å². The summed E-state index contributed by atoms with van der Waals surface area (Å²) < 4.78 is 0. The van der Waals surface area contributed by atoms with Gasteiger partial charge in [0.05, 0.1) is 0 Å². The Morgan fingerprint density at radius 2 is 1.17 bits per heavy atom. The van der Waals surface area contributed by atoms with Gasteiger partial charge in [0, 0.05) is 0 Å². The molecule has 0 N–H and O–H groups in total. The molecule has 0 saturated carbocycles. The van der Waals surface area contributed by atoms with Gasteiger partial charge in [-0.25, -0.2) is 0 Å². The fourth-order valence-electron chi connectivity index (χ4n) is 0. The first-order valence-corrected chi connectivity index (χ1v) is 11.8. The van der Waals surface area contributed by atoms with Crippen molar-refractivity contribution >= 4 is 40.3 Å². The molecule has 0 nitrogen and oxygen atoms in total. The quantitative estimate of drug-likeness (QED) is 0.485. The van der Waals surface area contributed by atoms with E-state index in [9.17, 15) is 0 Å². The van der Waals surface area contributed by atoms with Crippen molar-refractivity contribution in [2.45, 2.75) is 0 Å². The van der Waals surface area contributed by atoms with Gasteiger partial charge in [-0.3, -0.25) is 0 Å². The van der Waals surface area contributed by atoms with Gasteiger partial charge >= 0.3 is 67.0 Å². The minimum atomic E-state index is -2.69. The SMILES string of the molecule is [Co+2].[S]=[Mo](=[S])([S-])[S-]. The second-order valence-electron chi connectivity index (χ2n) is 0.408. The van der Waals surface area contributed by atoms with Gasteiger partial charge in [-0.05, 0) is 0 Å². The zero-order valence-electron chi connectivity index (χ0n) is 2.37. The van der Waals surface area contributed by atoms with Crippen LogP contribution in [0.3, 0.4) is 0 Å². The molecule has 0 fully saturated rings. The van der Waals surface area contributed by atoms with Crippen LogP contribution in [-0.2, 0) is 47.3 Å². The van der Waals surface area contributed by atoms with Crippen LogP contribution in [0.1, 0.15) is 0 Å². The summed E-state index contributed by atoms with van der Waals surface area (Å²) in [5.41, 5.74) is 0. The van der Waals surface area contributed by atoms with E-state index in [4.69, 9.17) is 0 Å². The van der Waals surface area contributed by atoms with E-state index in [-0.39, 0.29) is 16.8 Å². The normalized spacial score (nSPS) is 9.67. The molecule has 1 radical (unpaired) electrons. The van der Waals surface area contributed by atoms with Crippen LogP contribution < -0.4 is 0 Å². The van der Waals surface area contributed by atoms with E-state index in [0.29, 0.717) is 0 Å². The average Bonchev–Trinajstić information content (AvgIpc) is 0.722. The Kier molecular flexibility index (Phi) is 7.89. The van der Waals surface area contributed by atoms with Crippen LogP contribution in [0.25, 0.3) is 0 Å². The van der Waals surface area contributed by atoms with Gasteiger partial charge < -0.3 is 0 Å². The molecular formula is CoMoS4. The van der Waals surface area contributed by atoms with Crippen LogP contribution in [0.2, 0.25) is 0 Å². The molecule has 0 aromatic rings. The van der Waals surface area contributed by atoms with E-state index in [0.717, 1.165) is 0 Å². The summed E-state index contributed by atoms with van der Waals surface area (Å²) in [6.07, 6.45) is 0. The number of hydrogen-bond acceptors (Lipinski definition) is 4. The molecule has 0 aromatic heterocycles. The van der Waals surface area contributed by atoms with Crippen LogP contribution in [-0.4, -0.2) is 0 Å². The van der Waals surface area contributed by atoms with E-state index in [1.165, 1.54) is 0 Å². The molecule has 0 rings (SSSR count). The Morgan fingerprint density at radius 1 is 1.17 bits per heavy atom. The van der Waals surface area contributed by atoms with Crippen molar-refractivity contribution in [2.24, 2.45) is 0 Å². The Labute approximate surface area is 66.0 Å². The minimum absolute atomic E-state index is 0. The van der Waals surface area contributed by atoms with Crippen LogP contribution in [0.5, 0.6) is 0 Å². The van der Waals surface area contributed by atoms with Crippen molar-refractivity contribution in [1.82, 2.24) is 0 Å². The first kappa shape index (κ1) is 11.2. The second kappa shape index (κ2) is 4.24. The first-order valence-electron chi connectivity index (χ1n) is 0.667. The third-order valence-corrected chi connectivity index (χ3v) is 0. The summed E-state index contributed by atoms with van der Waals surface area (Å²) in [5.74, 6) is 0. The van der Waals surface area contributed by atoms with E-state index in [1.54, 1.807) is 0 Å².